The minimum Gasteiger partial charge on any atom is -0.334 e. The van der Waals surface area contributed by atoms with Gasteiger partial charge in [-0.3, -0.25) is 9.69 Å². The Morgan fingerprint density at radius 1 is 0.800 bits per heavy atom. The molecular formula is C27H34N2O. The molecule has 0 aliphatic heterocycles. The highest BCUT2D eigenvalue weighted by atomic mass is 16.2. The van der Waals surface area contributed by atoms with Gasteiger partial charge in [0.2, 0.25) is 0 Å². The van der Waals surface area contributed by atoms with E-state index in [9.17, 15) is 4.79 Å². The van der Waals surface area contributed by atoms with Gasteiger partial charge in [-0.15, -0.1) is 0 Å². The second kappa shape index (κ2) is 9.44. The molecule has 3 aromatic carbocycles. The summed E-state index contributed by atoms with van der Waals surface area (Å²) in [5, 5.41) is 2.14. The molecule has 1 atom stereocenters. The van der Waals surface area contributed by atoms with Gasteiger partial charge in [0.15, 0.2) is 0 Å². The molecule has 0 aromatic heterocycles. The summed E-state index contributed by atoms with van der Waals surface area (Å²) in [4.78, 5) is 18.2. The number of hydrogen-bond acceptors (Lipinski definition) is 2. The third-order valence-electron chi connectivity index (χ3n) is 5.91. The molecule has 0 aliphatic carbocycles. The van der Waals surface area contributed by atoms with Gasteiger partial charge in [0, 0.05) is 24.7 Å². The van der Waals surface area contributed by atoms with Gasteiger partial charge < -0.3 is 4.90 Å². The van der Waals surface area contributed by atoms with E-state index in [1.807, 2.05) is 23.1 Å². The zero-order valence-corrected chi connectivity index (χ0v) is 19.1. The largest absolute Gasteiger partial charge is 0.334 e. The molecule has 3 aromatic rings. The SMILES string of the molecule is CC(c1ccc2ccccc2c1C(=O)N(C(C)C)C(C)C)N(C)Cc1ccccc1. The minimum absolute atomic E-state index is 0.106. The topological polar surface area (TPSA) is 23.6 Å². The van der Waals surface area contributed by atoms with E-state index >= 15 is 0 Å². The molecule has 0 saturated heterocycles. The first-order valence-electron chi connectivity index (χ1n) is 10.9. The zero-order valence-electron chi connectivity index (χ0n) is 19.1. The summed E-state index contributed by atoms with van der Waals surface area (Å²) in [6.45, 7) is 11.4. The maximum absolute atomic E-state index is 13.9. The van der Waals surface area contributed by atoms with Crippen molar-refractivity contribution in [2.75, 3.05) is 7.05 Å². The van der Waals surface area contributed by atoms with Crippen LogP contribution in [-0.2, 0) is 6.54 Å². The average molecular weight is 403 g/mol. The summed E-state index contributed by atoms with van der Waals surface area (Å²) in [7, 11) is 2.13. The van der Waals surface area contributed by atoms with E-state index in [0.717, 1.165) is 28.4 Å². The van der Waals surface area contributed by atoms with Crippen LogP contribution in [0, 0.1) is 0 Å². The fraction of sp³-hybridized carbons (Fsp3) is 0.370. The third-order valence-corrected chi connectivity index (χ3v) is 5.91. The Hall–Kier alpha value is -2.65. The Labute approximate surface area is 181 Å². The van der Waals surface area contributed by atoms with Gasteiger partial charge in [-0.25, -0.2) is 0 Å². The van der Waals surface area contributed by atoms with Gasteiger partial charge in [-0.05, 0) is 63.6 Å². The molecule has 3 heteroatoms. The molecule has 1 amide bonds. The van der Waals surface area contributed by atoms with Crippen molar-refractivity contribution in [1.82, 2.24) is 9.80 Å². The Bertz CT molecular complexity index is 986. The molecule has 0 N–H and O–H groups in total. The average Bonchev–Trinajstić information content (AvgIpc) is 2.72. The predicted octanol–water partition coefficient (Wildman–Crippen LogP) is 6.29. The summed E-state index contributed by atoms with van der Waals surface area (Å²) in [5.74, 6) is 0.117. The van der Waals surface area contributed by atoms with E-state index in [4.69, 9.17) is 0 Å². The van der Waals surface area contributed by atoms with Crippen LogP contribution >= 0.6 is 0 Å². The molecule has 0 fully saturated rings. The molecule has 0 heterocycles. The van der Waals surface area contributed by atoms with Crippen LogP contribution in [0.15, 0.2) is 66.7 Å². The number of benzene rings is 3. The lowest BCUT2D eigenvalue weighted by molar-refractivity contribution is 0.0642. The van der Waals surface area contributed by atoms with Crippen molar-refractivity contribution >= 4 is 16.7 Å². The molecule has 0 bridgehead atoms. The van der Waals surface area contributed by atoms with E-state index in [1.165, 1.54) is 5.56 Å². The second-order valence-electron chi connectivity index (χ2n) is 8.73. The summed E-state index contributed by atoms with van der Waals surface area (Å²) < 4.78 is 0. The number of carbonyl (C=O) groups is 1. The first-order valence-corrected chi connectivity index (χ1v) is 10.9. The van der Waals surface area contributed by atoms with E-state index in [1.54, 1.807) is 0 Å². The van der Waals surface area contributed by atoms with E-state index < -0.39 is 0 Å². The third kappa shape index (κ3) is 4.57. The summed E-state index contributed by atoms with van der Waals surface area (Å²) in [6, 6.07) is 23.4. The number of nitrogens with zero attached hydrogens (tertiary/aromatic N) is 2. The summed E-state index contributed by atoms with van der Waals surface area (Å²) in [5.41, 5.74) is 3.19. The highest BCUT2D eigenvalue weighted by molar-refractivity contribution is 6.08. The van der Waals surface area contributed by atoms with Crippen LogP contribution in [0.3, 0.4) is 0 Å². The van der Waals surface area contributed by atoms with Crippen LogP contribution in [0.1, 0.15) is 62.1 Å². The van der Waals surface area contributed by atoms with Crippen LogP contribution in [0.25, 0.3) is 10.8 Å². The van der Waals surface area contributed by atoms with E-state index in [-0.39, 0.29) is 24.0 Å². The smallest absolute Gasteiger partial charge is 0.255 e. The fourth-order valence-electron chi connectivity index (χ4n) is 4.32. The van der Waals surface area contributed by atoms with Crippen molar-refractivity contribution in [3.05, 3.63) is 83.4 Å². The first-order chi connectivity index (χ1) is 14.3. The Kier molecular flexibility index (Phi) is 6.94. The molecular weight excluding hydrogens is 368 g/mol. The van der Waals surface area contributed by atoms with Gasteiger partial charge >= 0.3 is 0 Å². The molecule has 1 unspecified atom stereocenters. The number of rotatable bonds is 7. The molecule has 0 spiro atoms. The van der Waals surface area contributed by atoms with Crippen molar-refractivity contribution < 1.29 is 4.79 Å². The number of carbonyl (C=O) groups excluding carboxylic acids is 1. The fourth-order valence-corrected chi connectivity index (χ4v) is 4.32. The second-order valence-corrected chi connectivity index (χ2v) is 8.73. The van der Waals surface area contributed by atoms with Gasteiger partial charge in [0.05, 0.1) is 5.56 Å². The highest BCUT2D eigenvalue weighted by Gasteiger charge is 2.28. The summed E-state index contributed by atoms with van der Waals surface area (Å²) in [6.07, 6.45) is 0. The van der Waals surface area contributed by atoms with Gasteiger partial charge in [-0.2, -0.15) is 0 Å². The van der Waals surface area contributed by atoms with E-state index in [2.05, 4.69) is 95.1 Å². The van der Waals surface area contributed by atoms with E-state index in [0.29, 0.717) is 0 Å². The van der Waals surface area contributed by atoms with Gasteiger partial charge in [0.1, 0.15) is 0 Å². The lowest BCUT2D eigenvalue weighted by atomic mass is 9.92. The Morgan fingerprint density at radius 3 is 2.03 bits per heavy atom. The normalized spacial score (nSPS) is 12.7. The predicted molar refractivity (Wildman–Crippen MR) is 127 cm³/mol. The van der Waals surface area contributed by atoms with Crippen molar-refractivity contribution in [2.24, 2.45) is 0 Å². The first kappa shape index (κ1) is 22.0. The van der Waals surface area contributed by atoms with Gasteiger partial charge in [0.25, 0.3) is 5.91 Å². The molecule has 0 aliphatic rings. The molecule has 3 nitrogen and oxygen atoms in total. The van der Waals surface area contributed by atoms with Gasteiger partial charge in [-0.1, -0.05) is 66.7 Å². The quantitative estimate of drug-likeness (QED) is 0.463. The minimum atomic E-state index is 0.106. The number of fused-ring (bicyclic) bond motifs is 1. The molecule has 30 heavy (non-hydrogen) atoms. The lowest BCUT2D eigenvalue weighted by Gasteiger charge is -2.34. The summed E-state index contributed by atoms with van der Waals surface area (Å²) >= 11 is 0. The Balaban J connectivity index is 2.08. The lowest BCUT2D eigenvalue weighted by Crippen LogP contribution is -2.42. The maximum atomic E-state index is 13.9. The molecule has 0 saturated carbocycles. The molecule has 3 rings (SSSR count). The zero-order chi connectivity index (χ0) is 21.8. The maximum Gasteiger partial charge on any atom is 0.255 e. The highest BCUT2D eigenvalue weighted by Crippen LogP contribution is 2.32. The van der Waals surface area contributed by atoms with Crippen molar-refractivity contribution in [1.29, 1.82) is 0 Å². The van der Waals surface area contributed by atoms with Crippen molar-refractivity contribution in [3.63, 3.8) is 0 Å². The standard InChI is InChI=1S/C27H34N2O/c1-19(2)29(20(3)4)27(30)26-24(17-16-23-14-10-11-15-25(23)26)21(5)28(6)18-22-12-8-7-9-13-22/h7-17,19-21H,18H2,1-6H3. The van der Waals surface area contributed by atoms with Crippen LogP contribution < -0.4 is 0 Å². The number of hydrogen-bond donors (Lipinski definition) is 0. The van der Waals surface area contributed by atoms with Crippen LogP contribution in [0.4, 0.5) is 0 Å². The molecule has 0 radical (unpaired) electrons. The van der Waals surface area contributed by atoms with Crippen LogP contribution in [0.5, 0.6) is 0 Å². The van der Waals surface area contributed by atoms with Crippen LogP contribution in [0.2, 0.25) is 0 Å². The molecule has 158 valence electrons. The van der Waals surface area contributed by atoms with Crippen LogP contribution in [-0.4, -0.2) is 34.8 Å². The Morgan fingerprint density at radius 2 is 1.40 bits per heavy atom. The number of amides is 1. The monoisotopic (exact) mass is 402 g/mol. The van der Waals surface area contributed by atoms with Crippen molar-refractivity contribution in [2.45, 2.75) is 59.3 Å². The van der Waals surface area contributed by atoms with Crippen molar-refractivity contribution in [3.8, 4) is 0 Å².